The van der Waals surface area contributed by atoms with E-state index in [1.165, 1.54) is 19.2 Å². The molecule has 0 radical (unpaired) electrons. The number of rotatable bonds is 6. The maximum atomic E-state index is 13.8. The van der Waals surface area contributed by atoms with Crippen molar-refractivity contribution in [2.24, 2.45) is 0 Å². The van der Waals surface area contributed by atoms with Gasteiger partial charge in [-0.15, -0.1) is 0 Å². The standard InChI is InChI=1S/C27H24F3N3O5/c1-36-24(34)11-15-13-37-23-12-16(9-10-17(15)23)33(26(35)27(28,29)30)22-14-38-25-18(22)5-4-8-21(25)32-20-7-3-2-6-19(20)31/h2-10,12,15,22,32H,11,13-14,31H2,1H3/t15-,22+/m1/s1. The first-order valence-electron chi connectivity index (χ1n) is 11.8. The number of alkyl halides is 3. The molecule has 0 unspecified atom stereocenters. The molecule has 38 heavy (non-hydrogen) atoms. The lowest BCUT2D eigenvalue weighted by atomic mass is 9.97. The number of methoxy groups -OCH3 is 1. The number of ether oxygens (including phenoxy) is 3. The number of carbonyl (C=O) groups excluding carboxylic acids is 2. The van der Waals surface area contributed by atoms with Gasteiger partial charge in [0.1, 0.15) is 18.1 Å². The van der Waals surface area contributed by atoms with E-state index in [1.807, 2.05) is 0 Å². The minimum absolute atomic E-state index is 0.00286. The lowest BCUT2D eigenvalue weighted by Crippen LogP contribution is -2.44. The van der Waals surface area contributed by atoms with Crippen LogP contribution in [0.4, 0.5) is 35.9 Å². The summed E-state index contributed by atoms with van der Waals surface area (Å²) in [5.74, 6) is -2.12. The van der Waals surface area contributed by atoms with Gasteiger partial charge in [-0.3, -0.25) is 14.5 Å². The van der Waals surface area contributed by atoms with Crippen LogP contribution in [0.2, 0.25) is 0 Å². The zero-order chi connectivity index (χ0) is 27.0. The van der Waals surface area contributed by atoms with E-state index >= 15 is 0 Å². The molecular formula is C27H24F3N3O5. The van der Waals surface area contributed by atoms with Crippen LogP contribution in [0, 0.1) is 0 Å². The summed E-state index contributed by atoms with van der Waals surface area (Å²) in [6.07, 6.45) is -5.07. The summed E-state index contributed by atoms with van der Waals surface area (Å²) in [6, 6.07) is 15.4. The van der Waals surface area contributed by atoms with Gasteiger partial charge in [-0.2, -0.15) is 13.2 Å². The molecule has 0 fully saturated rings. The Labute approximate surface area is 216 Å². The molecule has 0 aromatic heterocycles. The average Bonchev–Trinajstić information content (AvgIpc) is 3.50. The largest absolute Gasteiger partial charge is 0.493 e. The molecule has 2 atom stereocenters. The number of halogens is 3. The molecule has 0 spiro atoms. The van der Waals surface area contributed by atoms with Crippen molar-refractivity contribution in [3.05, 3.63) is 71.8 Å². The highest BCUT2D eigenvalue weighted by Crippen LogP contribution is 2.46. The zero-order valence-electron chi connectivity index (χ0n) is 20.2. The molecule has 5 rings (SSSR count). The molecule has 2 aliphatic heterocycles. The van der Waals surface area contributed by atoms with Gasteiger partial charge in [0.2, 0.25) is 0 Å². The van der Waals surface area contributed by atoms with Crippen molar-refractivity contribution in [2.75, 3.05) is 36.3 Å². The van der Waals surface area contributed by atoms with Crippen LogP contribution < -0.4 is 25.4 Å². The van der Waals surface area contributed by atoms with Gasteiger partial charge in [-0.1, -0.05) is 30.3 Å². The number of esters is 1. The van der Waals surface area contributed by atoms with Crippen LogP contribution in [0.5, 0.6) is 11.5 Å². The molecule has 3 aromatic rings. The maximum Gasteiger partial charge on any atom is 0.471 e. The van der Waals surface area contributed by atoms with E-state index in [0.29, 0.717) is 44.6 Å². The van der Waals surface area contributed by atoms with Crippen molar-refractivity contribution >= 4 is 34.6 Å². The highest BCUT2D eigenvalue weighted by molar-refractivity contribution is 5.98. The van der Waals surface area contributed by atoms with Crippen LogP contribution >= 0.6 is 0 Å². The quantitative estimate of drug-likeness (QED) is 0.340. The summed E-state index contributed by atoms with van der Waals surface area (Å²) in [7, 11) is 1.28. The SMILES string of the molecule is COC(=O)C[C@@H]1COc2cc(N(C(=O)C(F)(F)F)[C@H]3COc4c(Nc5ccccc5N)cccc43)ccc21. The van der Waals surface area contributed by atoms with E-state index in [0.717, 1.165) is 0 Å². The van der Waals surface area contributed by atoms with Gasteiger partial charge in [-0.05, 0) is 24.3 Å². The third kappa shape index (κ3) is 4.67. The van der Waals surface area contributed by atoms with E-state index < -0.39 is 24.1 Å². The number of nitrogens with one attached hydrogen (secondary N) is 1. The van der Waals surface area contributed by atoms with Gasteiger partial charge >= 0.3 is 18.1 Å². The first-order chi connectivity index (χ1) is 18.2. The fourth-order valence-corrected chi connectivity index (χ4v) is 4.74. The molecule has 0 saturated carbocycles. The summed E-state index contributed by atoms with van der Waals surface area (Å²) >= 11 is 0. The van der Waals surface area contributed by atoms with Gasteiger partial charge < -0.3 is 25.3 Å². The van der Waals surface area contributed by atoms with Crippen LogP contribution in [0.15, 0.2) is 60.7 Å². The number of nitrogen functional groups attached to an aromatic ring is 1. The number of para-hydroxylation sites is 3. The van der Waals surface area contributed by atoms with Crippen molar-refractivity contribution in [2.45, 2.75) is 24.6 Å². The van der Waals surface area contributed by atoms with Gasteiger partial charge in [0.25, 0.3) is 0 Å². The van der Waals surface area contributed by atoms with Crippen molar-refractivity contribution in [3.8, 4) is 11.5 Å². The molecule has 198 valence electrons. The normalized spacial score (nSPS) is 17.6. The highest BCUT2D eigenvalue weighted by atomic mass is 19.4. The Morgan fingerprint density at radius 3 is 2.53 bits per heavy atom. The van der Waals surface area contributed by atoms with Crippen molar-refractivity contribution in [3.63, 3.8) is 0 Å². The van der Waals surface area contributed by atoms with Gasteiger partial charge in [-0.25, -0.2) is 0 Å². The summed E-state index contributed by atoms with van der Waals surface area (Å²) < 4.78 is 57.6. The molecular weight excluding hydrogens is 503 g/mol. The summed E-state index contributed by atoms with van der Waals surface area (Å²) in [4.78, 5) is 25.2. The van der Waals surface area contributed by atoms with E-state index in [1.54, 1.807) is 48.5 Å². The third-order valence-electron chi connectivity index (χ3n) is 6.59. The molecule has 0 saturated heterocycles. The molecule has 2 heterocycles. The maximum absolute atomic E-state index is 13.8. The average molecular weight is 527 g/mol. The van der Waals surface area contributed by atoms with Crippen LogP contribution in [0.1, 0.15) is 29.5 Å². The fourth-order valence-electron chi connectivity index (χ4n) is 4.74. The monoisotopic (exact) mass is 527 g/mol. The van der Waals surface area contributed by atoms with Crippen molar-refractivity contribution in [1.29, 1.82) is 0 Å². The summed E-state index contributed by atoms with van der Waals surface area (Å²) in [5.41, 5.74) is 8.68. The van der Waals surface area contributed by atoms with Crippen LogP contribution in [0.3, 0.4) is 0 Å². The molecule has 2 aliphatic rings. The minimum atomic E-state index is -5.13. The Balaban J connectivity index is 1.51. The summed E-state index contributed by atoms with van der Waals surface area (Å²) in [6.45, 7) is -0.0167. The topological polar surface area (TPSA) is 103 Å². The molecule has 0 bridgehead atoms. The third-order valence-corrected chi connectivity index (χ3v) is 6.59. The first kappa shape index (κ1) is 25.2. The Hall–Kier alpha value is -4.41. The molecule has 11 heteroatoms. The van der Waals surface area contributed by atoms with E-state index in [2.05, 4.69) is 5.32 Å². The number of amides is 1. The molecule has 1 amide bonds. The zero-order valence-corrected chi connectivity index (χ0v) is 20.2. The smallest absolute Gasteiger partial charge is 0.471 e. The number of nitrogens with zero attached hydrogens (tertiary/aromatic N) is 1. The highest BCUT2D eigenvalue weighted by Gasteiger charge is 2.48. The lowest BCUT2D eigenvalue weighted by Gasteiger charge is -2.29. The summed E-state index contributed by atoms with van der Waals surface area (Å²) in [5, 5.41) is 3.16. The van der Waals surface area contributed by atoms with Gasteiger partial charge in [0.05, 0.1) is 43.2 Å². The van der Waals surface area contributed by atoms with E-state index in [4.69, 9.17) is 19.9 Å². The predicted octanol–water partition coefficient (Wildman–Crippen LogP) is 5.08. The Morgan fingerprint density at radius 1 is 1.03 bits per heavy atom. The second-order valence-corrected chi connectivity index (χ2v) is 8.95. The number of fused-ring (bicyclic) bond motifs is 2. The molecule has 0 aliphatic carbocycles. The van der Waals surface area contributed by atoms with Crippen LogP contribution in [-0.4, -0.2) is 38.4 Å². The number of anilines is 4. The van der Waals surface area contributed by atoms with Gasteiger partial charge in [0, 0.05) is 28.8 Å². The van der Waals surface area contributed by atoms with E-state index in [-0.39, 0.29) is 31.2 Å². The number of nitrogens with two attached hydrogens (primary N) is 1. The second-order valence-electron chi connectivity index (χ2n) is 8.95. The number of benzene rings is 3. The number of hydrogen-bond donors (Lipinski definition) is 2. The first-order valence-corrected chi connectivity index (χ1v) is 11.8. The molecule has 8 nitrogen and oxygen atoms in total. The number of carbonyl (C=O) groups is 2. The fraction of sp³-hybridized carbons (Fsp3) is 0.259. The predicted molar refractivity (Wildman–Crippen MR) is 134 cm³/mol. The van der Waals surface area contributed by atoms with Crippen molar-refractivity contribution < 1.29 is 37.0 Å². The Kier molecular flexibility index (Phi) is 6.52. The molecule has 3 aromatic carbocycles. The van der Waals surface area contributed by atoms with Gasteiger partial charge in [0.15, 0.2) is 0 Å². The second kappa shape index (κ2) is 9.81. The van der Waals surface area contributed by atoms with Crippen LogP contribution in [-0.2, 0) is 14.3 Å². The number of hydrogen-bond acceptors (Lipinski definition) is 7. The van der Waals surface area contributed by atoms with Crippen molar-refractivity contribution in [1.82, 2.24) is 0 Å². The Bertz CT molecular complexity index is 1390. The lowest BCUT2D eigenvalue weighted by molar-refractivity contribution is -0.171. The Morgan fingerprint density at radius 2 is 1.79 bits per heavy atom. The molecule has 3 N–H and O–H groups in total. The minimum Gasteiger partial charge on any atom is -0.493 e. The van der Waals surface area contributed by atoms with E-state index in [9.17, 15) is 22.8 Å². The van der Waals surface area contributed by atoms with Crippen LogP contribution in [0.25, 0.3) is 0 Å².